The summed E-state index contributed by atoms with van der Waals surface area (Å²) >= 11 is 6.12. The van der Waals surface area contributed by atoms with Gasteiger partial charge in [-0.2, -0.15) is 0 Å². The first-order valence-corrected chi connectivity index (χ1v) is 8.00. The molecule has 0 atom stereocenters. The molecule has 0 aromatic heterocycles. The Labute approximate surface area is 135 Å². The number of nitrogens with one attached hydrogen (secondary N) is 1. The number of carbonyl (C=O) groups excluding carboxylic acids is 2. The van der Waals surface area contributed by atoms with E-state index in [9.17, 15) is 9.59 Å². The number of nitrogens with zero attached hydrogens (tertiary/aromatic N) is 1. The molecule has 1 aliphatic heterocycles. The number of ketones is 1. The number of aldehydes is 1. The molecule has 22 heavy (non-hydrogen) atoms. The number of Topliss-reactive ketones (excluding diaryl/α,β-unsaturated/α-hetero) is 1. The Bertz CT molecular complexity index is 615. The van der Waals surface area contributed by atoms with Gasteiger partial charge in [-0.1, -0.05) is 11.6 Å². The van der Waals surface area contributed by atoms with E-state index in [0.717, 1.165) is 37.8 Å². The van der Waals surface area contributed by atoms with Crippen molar-refractivity contribution in [2.75, 3.05) is 27.2 Å². The Morgan fingerprint density at radius 3 is 2.59 bits per heavy atom. The Kier molecular flexibility index (Phi) is 4.10. The summed E-state index contributed by atoms with van der Waals surface area (Å²) in [6, 6.07) is 3.44. The molecule has 0 bridgehead atoms. The molecule has 0 amide bonds. The highest BCUT2D eigenvalue weighted by molar-refractivity contribution is 6.33. The molecule has 1 heterocycles. The summed E-state index contributed by atoms with van der Waals surface area (Å²) in [5.41, 5.74) is 2.22. The Balaban J connectivity index is 1.88. The fraction of sp³-hybridized carbons (Fsp3) is 0.529. The average Bonchev–Trinajstić information content (AvgIpc) is 2.35. The summed E-state index contributed by atoms with van der Waals surface area (Å²) in [4.78, 5) is 26.2. The van der Waals surface area contributed by atoms with Crippen LogP contribution >= 0.6 is 11.6 Å². The zero-order valence-electron chi connectivity index (χ0n) is 13.0. The smallest absolute Gasteiger partial charge is 0.166 e. The third-order valence-electron chi connectivity index (χ3n) is 4.89. The molecule has 118 valence electrons. The second-order valence-electron chi connectivity index (χ2n) is 6.92. The number of halogens is 1. The zero-order valence-corrected chi connectivity index (χ0v) is 13.7. The Hall–Kier alpha value is -1.23. The molecule has 1 aromatic carbocycles. The summed E-state index contributed by atoms with van der Waals surface area (Å²) in [6.07, 6.45) is 2.68. The molecule has 4 nitrogen and oxygen atoms in total. The van der Waals surface area contributed by atoms with Crippen LogP contribution in [-0.4, -0.2) is 44.2 Å². The molecular formula is C17H21ClN2O2. The van der Waals surface area contributed by atoms with Gasteiger partial charge in [-0.05, 0) is 50.0 Å². The van der Waals surface area contributed by atoms with Gasteiger partial charge in [0.2, 0.25) is 0 Å². The lowest BCUT2D eigenvalue weighted by atomic mass is 9.57. The van der Waals surface area contributed by atoms with Crippen molar-refractivity contribution in [3.05, 3.63) is 33.8 Å². The van der Waals surface area contributed by atoms with E-state index in [4.69, 9.17) is 11.6 Å². The van der Waals surface area contributed by atoms with E-state index < -0.39 is 0 Å². The van der Waals surface area contributed by atoms with Crippen LogP contribution in [0.25, 0.3) is 0 Å². The van der Waals surface area contributed by atoms with Crippen LogP contribution in [0.4, 0.5) is 0 Å². The number of hydrogen-bond donors (Lipinski definition) is 1. The molecule has 1 saturated heterocycles. The number of hydrogen-bond acceptors (Lipinski definition) is 4. The van der Waals surface area contributed by atoms with Crippen LogP contribution in [0.3, 0.4) is 0 Å². The van der Waals surface area contributed by atoms with Crippen molar-refractivity contribution < 1.29 is 9.59 Å². The van der Waals surface area contributed by atoms with E-state index in [2.05, 4.69) is 5.32 Å². The number of rotatable bonds is 5. The second kappa shape index (κ2) is 5.76. The molecule has 3 rings (SSSR count). The van der Waals surface area contributed by atoms with Gasteiger partial charge in [0.05, 0.1) is 5.02 Å². The molecule has 1 N–H and O–H groups in total. The maximum absolute atomic E-state index is 12.8. The van der Waals surface area contributed by atoms with Gasteiger partial charge in [-0.3, -0.25) is 9.59 Å². The first kappa shape index (κ1) is 15.7. The maximum atomic E-state index is 12.8. The van der Waals surface area contributed by atoms with Crippen molar-refractivity contribution in [2.45, 2.75) is 19.4 Å². The largest absolute Gasteiger partial charge is 0.316 e. The van der Waals surface area contributed by atoms with Crippen LogP contribution in [-0.2, 0) is 6.54 Å². The van der Waals surface area contributed by atoms with Gasteiger partial charge in [-0.15, -0.1) is 0 Å². The minimum absolute atomic E-state index is 0.0867. The normalized spacial score (nSPS) is 19.8. The first-order valence-electron chi connectivity index (χ1n) is 7.62. The highest BCUT2D eigenvalue weighted by atomic mass is 35.5. The minimum Gasteiger partial charge on any atom is -0.316 e. The van der Waals surface area contributed by atoms with E-state index >= 15 is 0 Å². The van der Waals surface area contributed by atoms with E-state index in [1.54, 1.807) is 12.1 Å². The third-order valence-corrected chi connectivity index (χ3v) is 5.22. The fourth-order valence-corrected chi connectivity index (χ4v) is 3.86. The lowest BCUT2D eigenvalue weighted by molar-refractivity contribution is 0.00602. The SMILES string of the molecule is CN(C)Cc1c(C(=O)C2CC3(CNC3)C2)ccc(Cl)c1C=O. The van der Waals surface area contributed by atoms with E-state index in [-0.39, 0.29) is 11.7 Å². The van der Waals surface area contributed by atoms with Crippen molar-refractivity contribution >= 4 is 23.7 Å². The van der Waals surface area contributed by atoms with Gasteiger partial charge < -0.3 is 10.2 Å². The van der Waals surface area contributed by atoms with Gasteiger partial charge in [0.25, 0.3) is 0 Å². The molecule has 5 heteroatoms. The van der Waals surface area contributed by atoms with Crippen LogP contribution in [0.15, 0.2) is 12.1 Å². The standard InChI is InChI=1S/C17H21ClN2O2/c1-20(2)7-13-12(3-4-15(18)14(13)8-21)16(22)11-5-17(6-11)9-19-10-17/h3-4,8,11,19H,5-7,9-10H2,1-2H3. The van der Waals surface area contributed by atoms with Crippen LogP contribution in [0.5, 0.6) is 0 Å². The van der Waals surface area contributed by atoms with Crippen LogP contribution in [0.2, 0.25) is 5.02 Å². The van der Waals surface area contributed by atoms with E-state index in [0.29, 0.717) is 28.1 Å². The summed E-state index contributed by atoms with van der Waals surface area (Å²) in [5.74, 6) is 0.248. The molecule has 1 spiro atoms. The average molecular weight is 321 g/mol. The van der Waals surface area contributed by atoms with Crippen molar-refractivity contribution in [1.29, 1.82) is 0 Å². The highest BCUT2D eigenvalue weighted by Crippen LogP contribution is 2.49. The predicted molar refractivity (Wildman–Crippen MR) is 86.6 cm³/mol. The third kappa shape index (κ3) is 2.60. The van der Waals surface area contributed by atoms with Gasteiger partial charge in [0, 0.05) is 36.7 Å². The molecule has 0 radical (unpaired) electrons. The molecule has 0 unspecified atom stereocenters. The van der Waals surface area contributed by atoms with Crippen molar-refractivity contribution in [1.82, 2.24) is 10.2 Å². The maximum Gasteiger partial charge on any atom is 0.166 e. The van der Waals surface area contributed by atoms with Gasteiger partial charge in [0.1, 0.15) is 0 Å². The zero-order chi connectivity index (χ0) is 15.9. The summed E-state index contributed by atoms with van der Waals surface area (Å²) in [5, 5.41) is 3.70. The number of benzene rings is 1. The first-order chi connectivity index (χ1) is 10.5. The van der Waals surface area contributed by atoms with Crippen LogP contribution in [0, 0.1) is 11.3 Å². The molecular weight excluding hydrogens is 300 g/mol. The van der Waals surface area contributed by atoms with Crippen molar-refractivity contribution in [3.63, 3.8) is 0 Å². The number of carbonyl (C=O) groups is 2. The lowest BCUT2D eigenvalue weighted by Gasteiger charge is -2.54. The second-order valence-corrected chi connectivity index (χ2v) is 7.32. The molecule has 1 aliphatic carbocycles. The molecule has 1 aromatic rings. The van der Waals surface area contributed by atoms with Gasteiger partial charge in [-0.25, -0.2) is 0 Å². The molecule has 2 fully saturated rings. The molecule has 1 saturated carbocycles. The summed E-state index contributed by atoms with van der Waals surface area (Å²) in [6.45, 7) is 2.60. The monoisotopic (exact) mass is 320 g/mol. The van der Waals surface area contributed by atoms with Crippen molar-refractivity contribution in [3.8, 4) is 0 Å². The highest BCUT2D eigenvalue weighted by Gasteiger charge is 2.51. The van der Waals surface area contributed by atoms with E-state index in [1.807, 2.05) is 19.0 Å². The minimum atomic E-state index is 0.0867. The van der Waals surface area contributed by atoms with Crippen molar-refractivity contribution in [2.24, 2.45) is 11.3 Å². The van der Waals surface area contributed by atoms with Crippen LogP contribution in [0.1, 0.15) is 39.1 Å². The van der Waals surface area contributed by atoms with Gasteiger partial charge in [0.15, 0.2) is 12.1 Å². The lowest BCUT2D eigenvalue weighted by Crippen LogP contribution is -2.61. The Morgan fingerprint density at radius 2 is 2.09 bits per heavy atom. The molecule has 2 aliphatic rings. The fourth-order valence-electron chi connectivity index (χ4n) is 3.64. The van der Waals surface area contributed by atoms with Gasteiger partial charge >= 0.3 is 0 Å². The summed E-state index contributed by atoms with van der Waals surface area (Å²) in [7, 11) is 3.84. The summed E-state index contributed by atoms with van der Waals surface area (Å²) < 4.78 is 0. The van der Waals surface area contributed by atoms with E-state index in [1.165, 1.54) is 0 Å². The van der Waals surface area contributed by atoms with Crippen LogP contribution < -0.4 is 5.32 Å². The topological polar surface area (TPSA) is 49.4 Å². The quantitative estimate of drug-likeness (QED) is 0.668. The Morgan fingerprint density at radius 1 is 1.41 bits per heavy atom. The predicted octanol–water partition coefficient (Wildman–Crippen LogP) is 2.40.